The van der Waals surface area contributed by atoms with Crippen molar-refractivity contribution < 1.29 is 15.0 Å². The molecule has 0 rings (SSSR count). The molecule has 0 saturated carbocycles. The topological polar surface area (TPSA) is 69.6 Å². The molecule has 3 N–H and O–H groups in total. The Bertz CT molecular complexity index is 855. The van der Waals surface area contributed by atoms with Gasteiger partial charge in [0.25, 0.3) is 0 Å². The summed E-state index contributed by atoms with van der Waals surface area (Å²) in [6.07, 6.45) is 67.6. The third-order valence-corrected chi connectivity index (χ3v) is 12.7. The first-order valence-corrected chi connectivity index (χ1v) is 27.1. The number of unbranched alkanes of at least 4 members (excludes halogenated alkanes) is 41. The minimum absolute atomic E-state index is 0.0593. The fourth-order valence-corrected chi connectivity index (χ4v) is 8.53. The predicted molar refractivity (Wildman–Crippen MR) is 262 cm³/mol. The van der Waals surface area contributed by atoms with E-state index in [0.29, 0.717) is 6.42 Å². The van der Waals surface area contributed by atoms with Gasteiger partial charge in [-0.15, -0.1) is 0 Å². The third-order valence-electron chi connectivity index (χ3n) is 12.7. The fourth-order valence-electron chi connectivity index (χ4n) is 8.53. The molecule has 0 heterocycles. The van der Waals surface area contributed by atoms with E-state index in [1.807, 2.05) is 6.08 Å². The Morgan fingerprint density at radius 1 is 0.390 bits per heavy atom. The van der Waals surface area contributed by atoms with Gasteiger partial charge in [0, 0.05) is 6.42 Å². The number of nitrogens with one attached hydrogen (secondary N) is 1. The minimum Gasteiger partial charge on any atom is -0.394 e. The molecule has 0 fully saturated rings. The molecule has 4 nitrogen and oxygen atoms in total. The van der Waals surface area contributed by atoms with Crippen LogP contribution in [0.5, 0.6) is 0 Å². The average molecular weight is 830 g/mol. The molecule has 350 valence electrons. The Balaban J connectivity index is 3.43. The number of allylic oxidation sites excluding steroid dienone is 3. The van der Waals surface area contributed by atoms with E-state index in [4.69, 9.17) is 0 Å². The first kappa shape index (κ1) is 57.9. The summed E-state index contributed by atoms with van der Waals surface area (Å²) >= 11 is 0. The summed E-state index contributed by atoms with van der Waals surface area (Å²) in [6, 6.07) is -0.619. The number of hydrogen-bond acceptors (Lipinski definition) is 3. The van der Waals surface area contributed by atoms with Crippen molar-refractivity contribution in [3.8, 4) is 0 Å². The van der Waals surface area contributed by atoms with E-state index < -0.39 is 12.1 Å². The molecule has 0 radical (unpaired) electrons. The lowest BCUT2D eigenvalue weighted by atomic mass is 10.0. The lowest BCUT2D eigenvalue weighted by Gasteiger charge is -2.20. The normalized spacial score (nSPS) is 12.9. The molecule has 0 aliphatic rings. The number of aliphatic hydroxyl groups is 2. The summed E-state index contributed by atoms with van der Waals surface area (Å²) in [4.78, 5) is 12.4. The van der Waals surface area contributed by atoms with Gasteiger partial charge in [-0.2, -0.15) is 0 Å². The largest absolute Gasteiger partial charge is 0.394 e. The number of carbonyl (C=O) groups excluding carboxylic acids is 1. The van der Waals surface area contributed by atoms with E-state index in [9.17, 15) is 15.0 Å². The molecule has 0 aromatic rings. The second-order valence-corrected chi connectivity index (χ2v) is 18.7. The second kappa shape index (κ2) is 51.2. The zero-order valence-corrected chi connectivity index (χ0v) is 40.3. The number of amides is 1. The van der Waals surface area contributed by atoms with Gasteiger partial charge in [-0.25, -0.2) is 0 Å². The highest BCUT2D eigenvalue weighted by Gasteiger charge is 2.18. The van der Waals surface area contributed by atoms with Crippen LogP contribution in [0.2, 0.25) is 0 Å². The number of carbonyl (C=O) groups is 1. The van der Waals surface area contributed by atoms with Gasteiger partial charge < -0.3 is 15.5 Å². The van der Waals surface area contributed by atoms with Crippen molar-refractivity contribution in [2.45, 2.75) is 315 Å². The van der Waals surface area contributed by atoms with Gasteiger partial charge in [0.1, 0.15) is 0 Å². The Morgan fingerprint density at radius 2 is 0.644 bits per heavy atom. The van der Waals surface area contributed by atoms with Gasteiger partial charge in [-0.3, -0.25) is 4.79 Å². The predicted octanol–water partition coefficient (Wildman–Crippen LogP) is 17.5. The van der Waals surface area contributed by atoms with Crippen LogP contribution in [0.4, 0.5) is 0 Å². The Labute approximate surface area is 370 Å². The molecule has 0 bridgehead atoms. The van der Waals surface area contributed by atoms with E-state index in [0.717, 1.165) is 25.7 Å². The van der Waals surface area contributed by atoms with Crippen LogP contribution >= 0.6 is 0 Å². The van der Waals surface area contributed by atoms with E-state index >= 15 is 0 Å². The maximum absolute atomic E-state index is 12.4. The van der Waals surface area contributed by atoms with E-state index in [1.54, 1.807) is 6.08 Å². The van der Waals surface area contributed by atoms with Crippen molar-refractivity contribution in [1.82, 2.24) is 5.32 Å². The van der Waals surface area contributed by atoms with Gasteiger partial charge in [0.2, 0.25) is 5.91 Å². The highest BCUT2D eigenvalue weighted by Crippen LogP contribution is 2.17. The van der Waals surface area contributed by atoms with Crippen molar-refractivity contribution in [2.75, 3.05) is 6.61 Å². The van der Waals surface area contributed by atoms with E-state index in [2.05, 4.69) is 31.3 Å². The molecule has 2 atom stereocenters. The standard InChI is InChI=1S/C55H107NO3/c1-3-5-7-9-11-13-15-17-19-20-21-22-23-24-25-26-27-28-29-30-31-32-33-34-35-37-39-41-43-45-47-49-51-55(59)56-53(52-57)54(58)50-48-46-44-42-40-38-36-18-16-14-12-10-8-6-4-2/h24-25,48,50,53-54,57-58H,3-23,26-47,49,51-52H2,1-2H3,(H,56,59)/b25-24-,50-48+. The minimum atomic E-state index is -0.836. The Kier molecular flexibility index (Phi) is 50.2. The molecule has 4 heteroatoms. The van der Waals surface area contributed by atoms with Gasteiger partial charge in [-0.05, 0) is 44.9 Å². The van der Waals surface area contributed by atoms with E-state index in [-0.39, 0.29) is 12.5 Å². The molecule has 0 aromatic carbocycles. The summed E-state index contributed by atoms with van der Waals surface area (Å²) < 4.78 is 0. The van der Waals surface area contributed by atoms with Crippen LogP contribution in [-0.4, -0.2) is 34.9 Å². The summed E-state index contributed by atoms with van der Waals surface area (Å²) in [7, 11) is 0. The Hall–Kier alpha value is -1.13. The monoisotopic (exact) mass is 830 g/mol. The van der Waals surface area contributed by atoms with Crippen molar-refractivity contribution >= 4 is 5.91 Å². The van der Waals surface area contributed by atoms with E-state index in [1.165, 1.54) is 257 Å². The van der Waals surface area contributed by atoms with Crippen LogP contribution in [-0.2, 0) is 4.79 Å². The fraction of sp³-hybridized carbons (Fsp3) is 0.909. The van der Waals surface area contributed by atoms with Gasteiger partial charge in [0.05, 0.1) is 18.8 Å². The summed E-state index contributed by atoms with van der Waals surface area (Å²) in [5.74, 6) is -0.0593. The number of hydrogen-bond donors (Lipinski definition) is 3. The maximum Gasteiger partial charge on any atom is 0.220 e. The zero-order valence-electron chi connectivity index (χ0n) is 40.3. The molecule has 2 unspecified atom stereocenters. The van der Waals surface area contributed by atoms with Crippen LogP contribution in [0.1, 0.15) is 303 Å². The molecular formula is C55H107NO3. The van der Waals surface area contributed by atoms with Crippen LogP contribution in [0.25, 0.3) is 0 Å². The highest BCUT2D eigenvalue weighted by molar-refractivity contribution is 5.76. The van der Waals surface area contributed by atoms with Crippen LogP contribution in [0, 0.1) is 0 Å². The van der Waals surface area contributed by atoms with Crippen molar-refractivity contribution in [3.63, 3.8) is 0 Å². The second-order valence-electron chi connectivity index (χ2n) is 18.7. The van der Waals surface area contributed by atoms with Crippen LogP contribution in [0.3, 0.4) is 0 Å². The highest BCUT2D eigenvalue weighted by atomic mass is 16.3. The van der Waals surface area contributed by atoms with Gasteiger partial charge in [0.15, 0.2) is 0 Å². The molecule has 0 aliphatic carbocycles. The zero-order chi connectivity index (χ0) is 42.8. The lowest BCUT2D eigenvalue weighted by Crippen LogP contribution is -2.45. The first-order valence-electron chi connectivity index (χ1n) is 27.1. The molecule has 0 aliphatic heterocycles. The molecule has 59 heavy (non-hydrogen) atoms. The number of rotatable bonds is 50. The van der Waals surface area contributed by atoms with Crippen molar-refractivity contribution in [1.29, 1.82) is 0 Å². The SMILES string of the molecule is CCCCCCCCCCCCCC/C=C\CCCCCCCCCCCCCCCCCCC(=O)NC(CO)C(O)/C=C/CCCCCCCCCCCCCCC. The quantitative estimate of drug-likeness (QED) is 0.0422. The maximum atomic E-state index is 12.4. The lowest BCUT2D eigenvalue weighted by molar-refractivity contribution is -0.123. The van der Waals surface area contributed by atoms with Crippen LogP contribution in [0.15, 0.2) is 24.3 Å². The van der Waals surface area contributed by atoms with Gasteiger partial charge in [-0.1, -0.05) is 276 Å². The smallest absolute Gasteiger partial charge is 0.220 e. The molecule has 0 spiro atoms. The summed E-state index contributed by atoms with van der Waals surface area (Å²) in [5, 5.41) is 23.1. The van der Waals surface area contributed by atoms with Gasteiger partial charge >= 0.3 is 0 Å². The molecule has 0 saturated heterocycles. The first-order chi connectivity index (χ1) is 29.2. The molecule has 1 amide bonds. The van der Waals surface area contributed by atoms with Crippen molar-refractivity contribution in [2.24, 2.45) is 0 Å². The van der Waals surface area contributed by atoms with Crippen LogP contribution < -0.4 is 5.32 Å². The third kappa shape index (κ3) is 47.8. The Morgan fingerprint density at radius 3 is 0.932 bits per heavy atom. The average Bonchev–Trinajstić information content (AvgIpc) is 3.24. The molecule has 0 aromatic heterocycles. The molecular weight excluding hydrogens is 723 g/mol. The van der Waals surface area contributed by atoms with Crippen molar-refractivity contribution in [3.05, 3.63) is 24.3 Å². The summed E-state index contributed by atoms with van der Waals surface area (Å²) in [5.41, 5.74) is 0. The number of aliphatic hydroxyl groups excluding tert-OH is 2. The summed E-state index contributed by atoms with van der Waals surface area (Å²) in [6.45, 7) is 4.33.